The lowest BCUT2D eigenvalue weighted by molar-refractivity contribution is 0.334. The molecule has 1 aliphatic carbocycles. The van der Waals surface area contributed by atoms with Crippen molar-refractivity contribution in [3.05, 3.63) is 35.4 Å². The molecule has 0 spiro atoms. The van der Waals surface area contributed by atoms with Gasteiger partial charge in [0.1, 0.15) is 0 Å². The molecule has 118 valence electrons. The molecule has 1 aliphatic rings. The summed E-state index contributed by atoms with van der Waals surface area (Å²) in [4.78, 5) is 0. The number of hydrogen-bond donors (Lipinski definition) is 3. The van der Waals surface area contributed by atoms with E-state index in [1.807, 2.05) is 18.2 Å². The van der Waals surface area contributed by atoms with Crippen LogP contribution in [0.25, 0.3) is 0 Å². The van der Waals surface area contributed by atoms with Crippen LogP contribution >= 0.6 is 0 Å². The zero-order chi connectivity index (χ0) is 14.2. The summed E-state index contributed by atoms with van der Waals surface area (Å²) in [6, 6.07) is 7.98. The molecule has 1 aromatic carbocycles. The maximum atomic E-state index is 9.11. The molecule has 0 unspecified atom stereocenters. The van der Waals surface area contributed by atoms with Gasteiger partial charge in [0.05, 0.1) is 0 Å². The van der Waals surface area contributed by atoms with E-state index in [1.54, 1.807) is 0 Å². The Labute approximate surface area is 129 Å². The van der Waals surface area contributed by atoms with E-state index in [9.17, 15) is 0 Å². The molecule has 0 aromatic heterocycles. The fraction of sp³-hybridized carbons (Fsp3) is 0.647. The molecule has 2 rings (SSSR count). The Bertz CT molecular complexity index is 392. The largest absolute Gasteiger partial charge is 0.456 e. The van der Waals surface area contributed by atoms with Crippen LogP contribution in [0.1, 0.15) is 57.1 Å². The average molecular weight is 291 g/mol. The minimum absolute atomic E-state index is 0. The van der Waals surface area contributed by atoms with Gasteiger partial charge in [-0.15, -0.1) is 0 Å². The lowest BCUT2D eigenvalue weighted by Gasteiger charge is -2.21. The van der Waals surface area contributed by atoms with E-state index in [2.05, 4.69) is 11.4 Å². The van der Waals surface area contributed by atoms with Crippen molar-refractivity contribution in [2.75, 3.05) is 6.54 Å². The maximum Gasteiger partial charge on any atom is 0.456 e. The summed E-state index contributed by atoms with van der Waals surface area (Å²) in [6.07, 6.45) is 8.60. The highest BCUT2D eigenvalue weighted by Gasteiger charge is 2.13. The molecule has 3 nitrogen and oxygen atoms in total. The first-order valence-electron chi connectivity index (χ1n) is 7.89. The molecule has 0 radical (unpaired) electrons. The maximum absolute atomic E-state index is 9.11. The predicted molar refractivity (Wildman–Crippen MR) is 90.0 cm³/mol. The normalized spacial score (nSPS) is 15.5. The summed E-state index contributed by atoms with van der Waals surface area (Å²) >= 11 is 0. The minimum Gasteiger partial charge on any atom is -0.427 e. The standard InChI is InChI=1S/C16H26BNO2.CH4/c19-17(20)12-15-8-4-5-9-16(15)13-18-11-10-14-6-2-1-3-7-14;/h4-5,8-9,14,18-20H,1-3,6-7,10-13H2;1H4. The molecule has 0 atom stereocenters. The second-order valence-electron chi connectivity index (χ2n) is 5.92. The first kappa shape index (κ1) is 18.2. The fourth-order valence-electron chi connectivity index (χ4n) is 3.13. The van der Waals surface area contributed by atoms with Crippen molar-refractivity contribution in [3.8, 4) is 0 Å². The summed E-state index contributed by atoms with van der Waals surface area (Å²) < 4.78 is 0. The van der Waals surface area contributed by atoms with Gasteiger partial charge in [-0.1, -0.05) is 63.8 Å². The smallest absolute Gasteiger partial charge is 0.427 e. The molecule has 0 amide bonds. The second kappa shape index (κ2) is 9.99. The predicted octanol–water partition coefficient (Wildman–Crippen LogP) is 2.94. The van der Waals surface area contributed by atoms with Crippen molar-refractivity contribution in [1.29, 1.82) is 0 Å². The van der Waals surface area contributed by atoms with Crippen LogP contribution in [0.2, 0.25) is 0 Å². The zero-order valence-corrected chi connectivity index (χ0v) is 12.2. The Morgan fingerprint density at radius 1 is 1.05 bits per heavy atom. The van der Waals surface area contributed by atoms with E-state index in [0.717, 1.165) is 24.6 Å². The van der Waals surface area contributed by atoms with Crippen molar-refractivity contribution in [1.82, 2.24) is 5.32 Å². The van der Waals surface area contributed by atoms with Crippen molar-refractivity contribution in [2.45, 2.75) is 58.8 Å². The van der Waals surface area contributed by atoms with Gasteiger partial charge >= 0.3 is 7.12 Å². The van der Waals surface area contributed by atoms with Gasteiger partial charge in [0.2, 0.25) is 0 Å². The topological polar surface area (TPSA) is 52.5 Å². The summed E-state index contributed by atoms with van der Waals surface area (Å²) in [5.74, 6) is 0.908. The van der Waals surface area contributed by atoms with Gasteiger partial charge in [-0.25, -0.2) is 0 Å². The first-order chi connectivity index (χ1) is 9.75. The molecule has 4 heteroatoms. The Morgan fingerprint density at radius 3 is 2.38 bits per heavy atom. The van der Waals surface area contributed by atoms with E-state index in [4.69, 9.17) is 10.0 Å². The van der Waals surface area contributed by atoms with E-state index in [0.29, 0.717) is 6.32 Å². The molecule has 0 bridgehead atoms. The van der Waals surface area contributed by atoms with Crippen LogP contribution < -0.4 is 5.32 Å². The number of benzene rings is 1. The minimum atomic E-state index is -1.27. The van der Waals surface area contributed by atoms with Gasteiger partial charge in [-0.05, 0) is 30.0 Å². The Morgan fingerprint density at radius 2 is 1.71 bits per heavy atom. The highest BCUT2D eigenvalue weighted by Crippen LogP contribution is 2.25. The third-order valence-corrected chi connectivity index (χ3v) is 4.29. The SMILES string of the molecule is C.OB(O)Cc1ccccc1CNCCC1CCCCC1. The van der Waals surface area contributed by atoms with Crippen molar-refractivity contribution in [3.63, 3.8) is 0 Å². The lowest BCUT2D eigenvalue weighted by atomic mass is 9.80. The quantitative estimate of drug-likeness (QED) is 0.535. The van der Waals surface area contributed by atoms with Crippen molar-refractivity contribution < 1.29 is 10.0 Å². The van der Waals surface area contributed by atoms with E-state index < -0.39 is 7.12 Å². The third kappa shape index (κ3) is 6.64. The molecule has 21 heavy (non-hydrogen) atoms. The van der Waals surface area contributed by atoms with E-state index >= 15 is 0 Å². The van der Waals surface area contributed by atoms with Gasteiger partial charge in [0.15, 0.2) is 0 Å². The average Bonchev–Trinajstić information content (AvgIpc) is 2.46. The van der Waals surface area contributed by atoms with Gasteiger partial charge in [-0.3, -0.25) is 0 Å². The fourth-order valence-corrected chi connectivity index (χ4v) is 3.13. The highest BCUT2D eigenvalue weighted by atomic mass is 16.4. The molecule has 1 aromatic rings. The number of rotatable bonds is 7. The summed E-state index contributed by atoms with van der Waals surface area (Å²) in [5, 5.41) is 21.7. The third-order valence-electron chi connectivity index (χ3n) is 4.29. The zero-order valence-electron chi connectivity index (χ0n) is 12.2. The summed E-state index contributed by atoms with van der Waals surface area (Å²) in [5.41, 5.74) is 2.19. The van der Waals surface area contributed by atoms with Crippen molar-refractivity contribution >= 4 is 7.12 Å². The van der Waals surface area contributed by atoms with Crippen LogP contribution in [0.15, 0.2) is 24.3 Å². The van der Waals surface area contributed by atoms with Crippen LogP contribution in [0.4, 0.5) is 0 Å². The molecule has 0 heterocycles. The molecule has 3 N–H and O–H groups in total. The number of nitrogens with one attached hydrogen (secondary N) is 1. The van der Waals surface area contributed by atoms with Crippen molar-refractivity contribution in [2.24, 2.45) is 5.92 Å². The second-order valence-corrected chi connectivity index (χ2v) is 5.92. The van der Waals surface area contributed by atoms with E-state index in [-0.39, 0.29) is 7.43 Å². The molecular weight excluding hydrogens is 261 g/mol. The number of hydrogen-bond acceptors (Lipinski definition) is 3. The summed E-state index contributed by atoms with van der Waals surface area (Å²) in [6.45, 7) is 1.87. The molecule has 0 saturated heterocycles. The van der Waals surface area contributed by atoms with Gasteiger partial charge < -0.3 is 15.4 Å². The Balaban J connectivity index is 0.00000220. The van der Waals surface area contributed by atoms with Crippen LogP contribution in [0.3, 0.4) is 0 Å². The van der Waals surface area contributed by atoms with Crippen LogP contribution in [-0.4, -0.2) is 23.7 Å². The monoisotopic (exact) mass is 291 g/mol. The van der Waals surface area contributed by atoms with Crippen LogP contribution in [0, 0.1) is 5.92 Å². The van der Waals surface area contributed by atoms with E-state index in [1.165, 1.54) is 44.1 Å². The Hall–Kier alpha value is -0.835. The Kier molecular flexibility index (Phi) is 8.66. The van der Waals surface area contributed by atoms with Gasteiger partial charge in [0.25, 0.3) is 0 Å². The van der Waals surface area contributed by atoms with Gasteiger partial charge in [-0.2, -0.15) is 0 Å². The van der Waals surface area contributed by atoms with Crippen LogP contribution in [0.5, 0.6) is 0 Å². The first-order valence-corrected chi connectivity index (χ1v) is 7.89. The van der Waals surface area contributed by atoms with Gasteiger partial charge in [0, 0.05) is 12.9 Å². The lowest BCUT2D eigenvalue weighted by Crippen LogP contribution is -2.21. The summed E-state index contributed by atoms with van der Waals surface area (Å²) in [7, 11) is -1.27. The molecule has 1 saturated carbocycles. The highest BCUT2D eigenvalue weighted by molar-refractivity contribution is 6.40. The van der Waals surface area contributed by atoms with Crippen LogP contribution in [-0.2, 0) is 12.9 Å². The molecule has 0 aliphatic heterocycles. The molecular formula is C17H30BNO2. The molecule has 1 fully saturated rings.